The van der Waals surface area contributed by atoms with Gasteiger partial charge in [-0.25, -0.2) is 0 Å². The van der Waals surface area contributed by atoms with Gasteiger partial charge in [0.25, 0.3) is 0 Å². The van der Waals surface area contributed by atoms with Crippen molar-refractivity contribution in [3.05, 3.63) is 12.2 Å². The van der Waals surface area contributed by atoms with E-state index in [2.05, 4.69) is 6.58 Å². The van der Waals surface area contributed by atoms with Gasteiger partial charge in [-0.15, -0.1) is 0 Å². The van der Waals surface area contributed by atoms with Gasteiger partial charge in [0.1, 0.15) is 0 Å². The average molecular weight is 138 g/mol. The third-order valence-electron chi connectivity index (χ3n) is 2.51. The summed E-state index contributed by atoms with van der Waals surface area (Å²) in [7, 11) is 0. The van der Waals surface area contributed by atoms with Crippen LogP contribution in [0.15, 0.2) is 12.2 Å². The van der Waals surface area contributed by atoms with E-state index in [0.717, 1.165) is 12.5 Å². The molecule has 10 heavy (non-hydrogen) atoms. The zero-order valence-corrected chi connectivity index (χ0v) is 6.31. The molecule has 1 aliphatic heterocycles. The molecule has 1 aliphatic carbocycles. The van der Waals surface area contributed by atoms with Crippen molar-refractivity contribution in [1.29, 1.82) is 0 Å². The Morgan fingerprint density at radius 1 is 1.40 bits per heavy atom. The summed E-state index contributed by atoms with van der Waals surface area (Å²) in [5, 5.41) is 0. The molecule has 1 saturated heterocycles. The van der Waals surface area contributed by atoms with E-state index in [1.807, 2.05) is 0 Å². The van der Waals surface area contributed by atoms with Gasteiger partial charge in [-0.2, -0.15) is 0 Å². The van der Waals surface area contributed by atoms with Crippen LogP contribution < -0.4 is 0 Å². The van der Waals surface area contributed by atoms with Crippen molar-refractivity contribution < 1.29 is 4.74 Å². The molecule has 2 fully saturated rings. The lowest BCUT2D eigenvalue weighted by atomic mass is 10.1. The predicted molar refractivity (Wildman–Crippen MR) is 40.8 cm³/mol. The monoisotopic (exact) mass is 138 g/mol. The Morgan fingerprint density at radius 3 is 2.70 bits per heavy atom. The van der Waals surface area contributed by atoms with Crippen molar-refractivity contribution in [2.45, 2.75) is 31.8 Å². The van der Waals surface area contributed by atoms with Crippen LogP contribution in [0.3, 0.4) is 0 Å². The van der Waals surface area contributed by atoms with E-state index in [9.17, 15) is 0 Å². The molecule has 0 amide bonds. The van der Waals surface area contributed by atoms with Crippen LogP contribution in [0.25, 0.3) is 0 Å². The minimum atomic E-state index is 0.543. The third kappa shape index (κ3) is 1.10. The minimum Gasteiger partial charge on any atom is -0.378 e. The Bertz CT molecular complexity index is 145. The Labute approximate surface area is 62.1 Å². The van der Waals surface area contributed by atoms with Gasteiger partial charge in [-0.05, 0) is 25.7 Å². The second-order valence-electron chi connectivity index (χ2n) is 3.37. The van der Waals surface area contributed by atoms with Gasteiger partial charge in [0.05, 0.1) is 6.10 Å². The van der Waals surface area contributed by atoms with Crippen LogP contribution in [0, 0.1) is 5.92 Å². The van der Waals surface area contributed by atoms with Crippen LogP contribution in [0.4, 0.5) is 0 Å². The largest absolute Gasteiger partial charge is 0.378 e. The topological polar surface area (TPSA) is 9.23 Å². The van der Waals surface area contributed by atoms with Crippen LogP contribution in [0.1, 0.15) is 25.7 Å². The maximum atomic E-state index is 5.61. The average Bonchev–Trinajstić information content (AvgIpc) is 2.69. The Balaban J connectivity index is 1.86. The molecule has 0 bridgehead atoms. The van der Waals surface area contributed by atoms with E-state index >= 15 is 0 Å². The maximum absolute atomic E-state index is 5.61. The van der Waals surface area contributed by atoms with Crippen molar-refractivity contribution >= 4 is 0 Å². The molecule has 1 heteroatoms. The van der Waals surface area contributed by atoms with Crippen molar-refractivity contribution in [3.8, 4) is 0 Å². The van der Waals surface area contributed by atoms with Gasteiger partial charge in [-0.1, -0.05) is 12.2 Å². The maximum Gasteiger partial charge on any atom is 0.0643 e. The highest BCUT2D eigenvalue weighted by atomic mass is 16.5. The molecular formula is C9H14O. The highest BCUT2D eigenvalue weighted by Crippen LogP contribution is 2.42. The molecule has 0 N–H and O–H groups in total. The fourth-order valence-corrected chi connectivity index (χ4v) is 1.70. The molecule has 56 valence electrons. The standard InChI is InChI=1S/C9H14O/c1-7-6-8(7)9-4-2-3-5-10-9/h8-9H,1-6H2. The zero-order chi connectivity index (χ0) is 6.97. The van der Waals surface area contributed by atoms with Gasteiger partial charge >= 0.3 is 0 Å². The quantitative estimate of drug-likeness (QED) is 0.504. The first-order valence-corrected chi connectivity index (χ1v) is 4.17. The summed E-state index contributed by atoms with van der Waals surface area (Å²) in [5.74, 6) is 0.736. The predicted octanol–water partition coefficient (Wildman–Crippen LogP) is 2.13. The van der Waals surface area contributed by atoms with E-state index in [1.54, 1.807) is 0 Å². The minimum absolute atomic E-state index is 0.543. The second kappa shape index (κ2) is 2.39. The summed E-state index contributed by atoms with van der Waals surface area (Å²) in [5.41, 5.74) is 1.41. The zero-order valence-electron chi connectivity index (χ0n) is 6.31. The molecule has 2 aliphatic rings. The van der Waals surface area contributed by atoms with Crippen LogP contribution in [-0.2, 0) is 4.74 Å². The van der Waals surface area contributed by atoms with Gasteiger partial charge < -0.3 is 4.74 Å². The molecule has 2 unspecified atom stereocenters. The molecule has 1 nitrogen and oxygen atoms in total. The van der Waals surface area contributed by atoms with Crippen molar-refractivity contribution in [2.75, 3.05) is 6.61 Å². The van der Waals surface area contributed by atoms with Crippen molar-refractivity contribution in [1.82, 2.24) is 0 Å². The third-order valence-corrected chi connectivity index (χ3v) is 2.51. The number of ether oxygens (including phenoxy) is 1. The molecule has 2 atom stereocenters. The summed E-state index contributed by atoms with van der Waals surface area (Å²) >= 11 is 0. The van der Waals surface area contributed by atoms with Gasteiger partial charge in [0, 0.05) is 12.5 Å². The lowest BCUT2D eigenvalue weighted by molar-refractivity contribution is 0.00529. The molecular weight excluding hydrogens is 124 g/mol. The van der Waals surface area contributed by atoms with Crippen LogP contribution in [-0.4, -0.2) is 12.7 Å². The van der Waals surface area contributed by atoms with Crippen molar-refractivity contribution in [2.24, 2.45) is 5.92 Å². The van der Waals surface area contributed by atoms with Crippen molar-refractivity contribution in [3.63, 3.8) is 0 Å². The normalized spacial score (nSPS) is 39.8. The van der Waals surface area contributed by atoms with E-state index in [-0.39, 0.29) is 0 Å². The van der Waals surface area contributed by atoms with Crippen LogP contribution in [0.5, 0.6) is 0 Å². The second-order valence-corrected chi connectivity index (χ2v) is 3.37. The number of rotatable bonds is 1. The highest BCUT2D eigenvalue weighted by Gasteiger charge is 2.36. The Kier molecular flexibility index (Phi) is 1.53. The summed E-state index contributed by atoms with van der Waals surface area (Å²) < 4.78 is 5.61. The fourth-order valence-electron chi connectivity index (χ4n) is 1.70. The molecule has 1 saturated carbocycles. The first kappa shape index (κ1) is 6.41. The number of hydrogen-bond donors (Lipinski definition) is 0. The first-order chi connectivity index (χ1) is 4.88. The van der Waals surface area contributed by atoms with E-state index < -0.39 is 0 Å². The molecule has 1 heterocycles. The Hall–Kier alpha value is -0.300. The molecule has 0 aromatic rings. The lowest BCUT2D eigenvalue weighted by Gasteiger charge is -2.21. The van der Waals surface area contributed by atoms with Crippen LogP contribution in [0.2, 0.25) is 0 Å². The molecule has 0 aromatic heterocycles. The smallest absolute Gasteiger partial charge is 0.0643 e. The lowest BCUT2D eigenvalue weighted by Crippen LogP contribution is -2.20. The van der Waals surface area contributed by atoms with Gasteiger partial charge in [0.15, 0.2) is 0 Å². The van der Waals surface area contributed by atoms with E-state index in [1.165, 1.54) is 31.3 Å². The summed E-state index contributed by atoms with van der Waals surface area (Å²) in [6.07, 6.45) is 5.65. The van der Waals surface area contributed by atoms with E-state index in [0.29, 0.717) is 6.10 Å². The highest BCUT2D eigenvalue weighted by molar-refractivity contribution is 5.21. The summed E-state index contributed by atoms with van der Waals surface area (Å²) in [6, 6.07) is 0. The first-order valence-electron chi connectivity index (χ1n) is 4.17. The molecule has 0 spiro atoms. The summed E-state index contributed by atoms with van der Waals surface area (Å²) in [6.45, 7) is 4.92. The molecule has 2 rings (SSSR count). The fraction of sp³-hybridized carbons (Fsp3) is 0.778. The van der Waals surface area contributed by atoms with Gasteiger partial charge in [-0.3, -0.25) is 0 Å². The number of hydrogen-bond acceptors (Lipinski definition) is 1. The van der Waals surface area contributed by atoms with Crippen LogP contribution >= 0.6 is 0 Å². The Morgan fingerprint density at radius 2 is 2.20 bits per heavy atom. The van der Waals surface area contributed by atoms with E-state index in [4.69, 9.17) is 4.74 Å². The van der Waals surface area contributed by atoms with Gasteiger partial charge in [0.2, 0.25) is 0 Å². The summed E-state index contributed by atoms with van der Waals surface area (Å²) in [4.78, 5) is 0. The SMILES string of the molecule is C=C1CC1C1CCCCO1. The molecule has 0 aromatic carbocycles. The molecule has 0 radical (unpaired) electrons.